The van der Waals surface area contributed by atoms with Gasteiger partial charge in [-0.1, -0.05) is 32.4 Å². The third-order valence-corrected chi connectivity index (χ3v) is 2.50. The van der Waals surface area contributed by atoms with E-state index >= 15 is 0 Å². The fraction of sp³-hybridized carbons (Fsp3) is 0.583. The minimum absolute atomic E-state index is 0.129. The first-order chi connectivity index (χ1) is 7.33. The number of pyridine rings is 1. The van der Waals surface area contributed by atoms with Crippen molar-refractivity contribution in [3.05, 3.63) is 22.8 Å². The Morgan fingerprint density at radius 3 is 2.50 bits per heavy atom. The second kappa shape index (κ2) is 5.02. The highest BCUT2D eigenvalue weighted by Crippen LogP contribution is 2.22. The van der Waals surface area contributed by atoms with Crippen LogP contribution in [0.25, 0.3) is 0 Å². The van der Waals surface area contributed by atoms with E-state index in [4.69, 9.17) is 16.7 Å². The van der Waals surface area contributed by atoms with Crippen molar-refractivity contribution in [3.8, 4) is 0 Å². The number of halogens is 1. The number of anilines is 1. The molecule has 0 unspecified atom stereocenters. The monoisotopic (exact) mass is 242 g/mol. The van der Waals surface area contributed by atoms with Crippen LogP contribution >= 0.6 is 11.6 Å². The van der Waals surface area contributed by atoms with Crippen LogP contribution in [0.2, 0.25) is 5.02 Å². The molecule has 4 heteroatoms. The van der Waals surface area contributed by atoms with E-state index in [1.165, 1.54) is 0 Å². The lowest BCUT2D eigenvalue weighted by Crippen LogP contribution is -2.29. The van der Waals surface area contributed by atoms with Gasteiger partial charge in [-0.15, -0.1) is 0 Å². The quantitative estimate of drug-likeness (QED) is 0.886. The zero-order chi connectivity index (χ0) is 12.3. The Labute approximate surface area is 102 Å². The molecule has 1 aromatic heterocycles. The van der Waals surface area contributed by atoms with Crippen LogP contribution in [0.4, 0.5) is 5.82 Å². The van der Waals surface area contributed by atoms with E-state index in [-0.39, 0.29) is 12.0 Å². The summed E-state index contributed by atoms with van der Waals surface area (Å²) in [6.45, 7) is 7.29. The van der Waals surface area contributed by atoms with Crippen LogP contribution in [-0.4, -0.2) is 23.7 Å². The summed E-state index contributed by atoms with van der Waals surface area (Å²) in [6, 6.07) is 3.64. The largest absolute Gasteiger partial charge is 0.390 e. The molecule has 0 aliphatic carbocycles. The second-order valence-electron chi connectivity index (χ2n) is 5.17. The summed E-state index contributed by atoms with van der Waals surface area (Å²) in [5, 5.41) is 9.60. The first kappa shape index (κ1) is 13.3. The fourth-order valence-electron chi connectivity index (χ4n) is 1.59. The van der Waals surface area contributed by atoms with E-state index in [1.54, 1.807) is 6.07 Å². The normalized spacial score (nSPS) is 11.6. The predicted octanol–water partition coefficient (Wildman–Crippen LogP) is 2.71. The van der Waals surface area contributed by atoms with Gasteiger partial charge in [0.25, 0.3) is 0 Å². The van der Waals surface area contributed by atoms with Gasteiger partial charge < -0.3 is 10.0 Å². The lowest BCUT2D eigenvalue weighted by Gasteiger charge is -2.27. The van der Waals surface area contributed by atoms with E-state index in [0.29, 0.717) is 10.7 Å². The topological polar surface area (TPSA) is 36.4 Å². The molecule has 1 heterocycles. The van der Waals surface area contributed by atoms with Crippen molar-refractivity contribution in [2.75, 3.05) is 18.5 Å². The maximum atomic E-state index is 9.09. The van der Waals surface area contributed by atoms with Gasteiger partial charge in [-0.3, -0.25) is 0 Å². The van der Waals surface area contributed by atoms with Gasteiger partial charge in [-0.05, 0) is 17.5 Å². The molecular weight excluding hydrogens is 224 g/mol. The Balaban J connectivity index is 2.88. The molecule has 1 N–H and O–H groups in total. The van der Waals surface area contributed by atoms with Gasteiger partial charge in [0, 0.05) is 13.6 Å². The molecule has 0 spiro atoms. The van der Waals surface area contributed by atoms with Crippen LogP contribution in [0.3, 0.4) is 0 Å². The molecule has 0 saturated carbocycles. The van der Waals surface area contributed by atoms with Crippen LogP contribution in [0.1, 0.15) is 26.5 Å². The zero-order valence-electron chi connectivity index (χ0n) is 10.3. The summed E-state index contributed by atoms with van der Waals surface area (Å²) < 4.78 is 0. The summed E-state index contributed by atoms with van der Waals surface area (Å²) in [5.74, 6) is 0.836. The van der Waals surface area contributed by atoms with Gasteiger partial charge in [0.05, 0.1) is 17.3 Å². The Kier molecular flexibility index (Phi) is 4.16. The third-order valence-electron chi connectivity index (χ3n) is 2.16. The van der Waals surface area contributed by atoms with Gasteiger partial charge in [0.2, 0.25) is 0 Å². The Bertz CT molecular complexity index is 361. The molecular formula is C12H19ClN2O. The average molecular weight is 243 g/mol. The predicted molar refractivity (Wildman–Crippen MR) is 67.9 cm³/mol. The average Bonchev–Trinajstić information content (AvgIpc) is 2.15. The Hall–Kier alpha value is -0.800. The number of hydrogen-bond acceptors (Lipinski definition) is 3. The smallest absolute Gasteiger partial charge is 0.128 e. The number of aliphatic hydroxyl groups is 1. The van der Waals surface area contributed by atoms with Crippen LogP contribution < -0.4 is 4.90 Å². The molecule has 0 aliphatic rings. The van der Waals surface area contributed by atoms with E-state index in [0.717, 1.165) is 12.4 Å². The molecule has 0 aliphatic heterocycles. The van der Waals surface area contributed by atoms with Crippen molar-refractivity contribution < 1.29 is 5.11 Å². The van der Waals surface area contributed by atoms with Crippen molar-refractivity contribution in [1.82, 2.24) is 4.98 Å². The summed E-state index contributed by atoms with van der Waals surface area (Å²) >= 11 is 5.89. The summed E-state index contributed by atoms with van der Waals surface area (Å²) in [5.41, 5.74) is 0.732. The second-order valence-corrected chi connectivity index (χ2v) is 5.58. The molecule has 0 radical (unpaired) electrons. The molecule has 0 bridgehead atoms. The van der Waals surface area contributed by atoms with Crippen molar-refractivity contribution in [2.45, 2.75) is 27.4 Å². The molecule has 0 amide bonds. The number of hydrogen-bond donors (Lipinski definition) is 1. The summed E-state index contributed by atoms with van der Waals surface area (Å²) in [6.07, 6.45) is 0. The highest BCUT2D eigenvalue weighted by atomic mass is 35.5. The Morgan fingerprint density at radius 2 is 2.00 bits per heavy atom. The van der Waals surface area contributed by atoms with Crippen molar-refractivity contribution in [1.29, 1.82) is 0 Å². The standard InChI is InChI=1S/C12H19ClN2O/c1-12(2,3)8-15(4)11-6-5-9(13)10(7-16)14-11/h5-6,16H,7-8H2,1-4H3. The maximum Gasteiger partial charge on any atom is 0.128 e. The van der Waals surface area contributed by atoms with Crippen LogP contribution in [-0.2, 0) is 6.61 Å². The number of aromatic nitrogens is 1. The lowest BCUT2D eigenvalue weighted by molar-refractivity contribution is 0.277. The first-order valence-electron chi connectivity index (χ1n) is 5.31. The number of nitrogens with zero attached hydrogens (tertiary/aromatic N) is 2. The van der Waals surface area contributed by atoms with E-state index in [2.05, 4.69) is 30.7 Å². The first-order valence-corrected chi connectivity index (χ1v) is 5.69. The highest BCUT2D eigenvalue weighted by Gasteiger charge is 2.15. The fourth-order valence-corrected chi connectivity index (χ4v) is 1.75. The zero-order valence-corrected chi connectivity index (χ0v) is 11.0. The SMILES string of the molecule is CN(CC(C)(C)C)c1ccc(Cl)c(CO)n1. The number of aliphatic hydroxyl groups excluding tert-OH is 1. The molecule has 0 fully saturated rings. The lowest BCUT2D eigenvalue weighted by atomic mass is 9.96. The van der Waals surface area contributed by atoms with Crippen molar-refractivity contribution in [2.24, 2.45) is 5.41 Å². The van der Waals surface area contributed by atoms with Gasteiger partial charge in [-0.25, -0.2) is 4.98 Å². The molecule has 90 valence electrons. The molecule has 1 rings (SSSR count). The van der Waals surface area contributed by atoms with Crippen LogP contribution in [0.15, 0.2) is 12.1 Å². The van der Waals surface area contributed by atoms with Crippen LogP contribution in [0, 0.1) is 5.41 Å². The van der Waals surface area contributed by atoms with E-state index < -0.39 is 0 Å². The maximum absolute atomic E-state index is 9.09. The highest BCUT2D eigenvalue weighted by molar-refractivity contribution is 6.31. The minimum Gasteiger partial charge on any atom is -0.390 e. The van der Waals surface area contributed by atoms with Gasteiger partial charge >= 0.3 is 0 Å². The molecule has 0 atom stereocenters. The van der Waals surface area contributed by atoms with Crippen LogP contribution in [0.5, 0.6) is 0 Å². The Morgan fingerprint density at radius 1 is 1.38 bits per heavy atom. The van der Waals surface area contributed by atoms with Gasteiger partial charge in [-0.2, -0.15) is 0 Å². The van der Waals surface area contributed by atoms with Gasteiger partial charge in [0.1, 0.15) is 5.82 Å². The molecule has 3 nitrogen and oxygen atoms in total. The molecule has 1 aromatic rings. The molecule has 16 heavy (non-hydrogen) atoms. The van der Waals surface area contributed by atoms with Crippen molar-refractivity contribution in [3.63, 3.8) is 0 Å². The van der Waals surface area contributed by atoms with Gasteiger partial charge in [0.15, 0.2) is 0 Å². The van der Waals surface area contributed by atoms with E-state index in [1.807, 2.05) is 13.1 Å². The molecule has 0 aromatic carbocycles. The van der Waals surface area contributed by atoms with Crippen molar-refractivity contribution >= 4 is 17.4 Å². The summed E-state index contributed by atoms with van der Waals surface area (Å²) in [4.78, 5) is 6.38. The number of rotatable bonds is 3. The molecule has 0 saturated heterocycles. The van der Waals surface area contributed by atoms with E-state index in [9.17, 15) is 0 Å². The summed E-state index contributed by atoms with van der Waals surface area (Å²) in [7, 11) is 1.99. The third kappa shape index (κ3) is 3.65. The minimum atomic E-state index is -0.129.